The van der Waals surface area contributed by atoms with Crippen LogP contribution in [0.25, 0.3) is 0 Å². The van der Waals surface area contributed by atoms with Crippen molar-refractivity contribution in [2.24, 2.45) is 0 Å². The third-order valence-corrected chi connectivity index (χ3v) is 1.22. The van der Waals surface area contributed by atoms with Crippen molar-refractivity contribution in [3.63, 3.8) is 0 Å². The predicted octanol–water partition coefficient (Wildman–Crippen LogP) is -0.481. The number of hydrogen-bond donors (Lipinski definition) is 0. The average Bonchev–Trinajstić information content (AvgIpc) is 2.10. The largest absolute Gasteiger partial charge is 3.00 e. The molecule has 0 aliphatic heterocycles. The molecule has 0 bridgehead atoms. The Kier molecular flexibility index (Phi) is 23.8. The summed E-state index contributed by atoms with van der Waals surface area (Å²) >= 11 is 0. The minimum atomic E-state index is -0.187. The van der Waals surface area contributed by atoms with Crippen LogP contribution >= 0.6 is 0 Å². The van der Waals surface area contributed by atoms with Gasteiger partial charge >= 0.3 is 40.4 Å². The van der Waals surface area contributed by atoms with Crippen LogP contribution in [0, 0.1) is 40.4 Å². The summed E-state index contributed by atoms with van der Waals surface area (Å²) in [6, 6.07) is 0. The van der Waals surface area contributed by atoms with E-state index in [2.05, 4.69) is 0 Å². The van der Waals surface area contributed by atoms with Gasteiger partial charge in [0, 0.05) is 0 Å². The number of ketones is 3. The van der Waals surface area contributed by atoms with Crippen molar-refractivity contribution >= 4 is 17.3 Å². The Balaban J connectivity index is -0.000000108. The maximum atomic E-state index is 9.98. The number of allylic oxidation sites excluding steroid dienone is 6. The Labute approximate surface area is 163 Å². The number of hydrogen-bond acceptors (Lipinski definition) is 6. The molecule has 0 rings (SSSR count). The molecule has 0 saturated carbocycles. The quantitative estimate of drug-likeness (QED) is 0.425. The van der Waals surface area contributed by atoms with Gasteiger partial charge in [-0.3, -0.25) is 14.4 Å². The third-order valence-electron chi connectivity index (χ3n) is 1.22. The van der Waals surface area contributed by atoms with Crippen LogP contribution in [0.2, 0.25) is 0 Å². The first-order chi connectivity index (χ1) is 9.38. The van der Waals surface area contributed by atoms with E-state index in [0.717, 1.165) is 18.2 Å². The summed E-state index contributed by atoms with van der Waals surface area (Å²) in [5.41, 5.74) is 0. The van der Waals surface area contributed by atoms with Gasteiger partial charge in [0.2, 0.25) is 0 Å². The Bertz CT molecular complexity index is 368. The molecule has 0 N–H and O–H groups in total. The fourth-order valence-electron chi connectivity index (χ4n) is 0.859. The van der Waals surface area contributed by atoms with Gasteiger partial charge in [-0.25, -0.2) is 0 Å². The second-order valence-corrected chi connectivity index (χ2v) is 4.10. The van der Waals surface area contributed by atoms with Crippen molar-refractivity contribution in [3.8, 4) is 0 Å². The SMILES string of the molecule is CC(=O)/C=C(/C)[O-].CC(=O)/C=C(/C)[O-].CC(=O)/C=C(/C)[O-].[Sm+3]. The molecule has 22 heavy (non-hydrogen) atoms. The van der Waals surface area contributed by atoms with Crippen LogP contribution in [0.5, 0.6) is 0 Å². The van der Waals surface area contributed by atoms with Gasteiger partial charge < -0.3 is 15.3 Å². The number of carbonyl (C=O) groups excluding carboxylic acids is 3. The molecule has 1 radical (unpaired) electrons. The molecule has 0 unspecified atom stereocenters. The maximum Gasteiger partial charge on any atom is 3.00 e. The zero-order valence-electron chi connectivity index (χ0n) is 13.6. The smallest absolute Gasteiger partial charge is 0.876 e. The predicted molar refractivity (Wildman–Crippen MR) is 73.3 cm³/mol. The Morgan fingerprint density at radius 2 is 0.682 bits per heavy atom. The van der Waals surface area contributed by atoms with E-state index in [1.807, 2.05) is 0 Å². The van der Waals surface area contributed by atoms with Crippen molar-refractivity contribution in [2.75, 3.05) is 0 Å². The van der Waals surface area contributed by atoms with Gasteiger partial charge in [-0.15, -0.1) is 17.3 Å². The topological polar surface area (TPSA) is 120 Å². The van der Waals surface area contributed by atoms with Crippen LogP contribution < -0.4 is 15.3 Å². The second-order valence-electron chi connectivity index (χ2n) is 4.10. The fraction of sp³-hybridized carbons (Fsp3) is 0.400. The maximum absolute atomic E-state index is 9.98. The van der Waals surface area contributed by atoms with E-state index in [-0.39, 0.29) is 75.0 Å². The first-order valence-corrected chi connectivity index (χ1v) is 5.96. The molecule has 0 aromatic carbocycles. The molecule has 0 saturated heterocycles. The van der Waals surface area contributed by atoms with Gasteiger partial charge in [-0.1, -0.05) is 20.8 Å². The molecule has 0 fully saturated rings. The monoisotopic (exact) mass is 449 g/mol. The third kappa shape index (κ3) is 50.9. The molecule has 0 aromatic rings. The Morgan fingerprint density at radius 1 is 0.545 bits per heavy atom. The van der Waals surface area contributed by atoms with Crippen LogP contribution in [-0.4, -0.2) is 17.3 Å². The zero-order chi connectivity index (χ0) is 17.6. The molecule has 123 valence electrons. The molecule has 0 spiro atoms. The van der Waals surface area contributed by atoms with Crippen molar-refractivity contribution in [2.45, 2.75) is 41.5 Å². The molecule has 6 nitrogen and oxygen atoms in total. The van der Waals surface area contributed by atoms with Crippen LogP contribution in [0.1, 0.15) is 41.5 Å². The normalized spacial score (nSPS) is 10.9. The van der Waals surface area contributed by atoms with Crippen molar-refractivity contribution < 1.29 is 70.1 Å². The summed E-state index contributed by atoms with van der Waals surface area (Å²) in [6.07, 6.45) is 3.17. The summed E-state index contributed by atoms with van der Waals surface area (Å²) in [5.74, 6) is -1.12. The van der Waals surface area contributed by atoms with Gasteiger partial charge in [-0.05, 0) is 39.0 Å². The first-order valence-electron chi connectivity index (χ1n) is 5.96. The minimum absolute atomic E-state index is 0. The molecule has 0 aliphatic carbocycles. The van der Waals surface area contributed by atoms with Crippen molar-refractivity contribution in [1.82, 2.24) is 0 Å². The van der Waals surface area contributed by atoms with Gasteiger partial charge in [0.05, 0.1) is 0 Å². The standard InChI is InChI=1S/3C5H8O2.Sm/c3*1-4(6)3-5(2)7;/h3*3,6H,1-2H3;/q;;;+3/p-3/b3*4-3-;. The molecule has 7 heteroatoms. The second kappa shape index (κ2) is 18.0. The van der Waals surface area contributed by atoms with E-state index in [4.69, 9.17) is 0 Å². The summed E-state index contributed by atoms with van der Waals surface area (Å²) in [6.45, 7) is 8.09. The van der Waals surface area contributed by atoms with Crippen LogP contribution in [0.3, 0.4) is 0 Å². The fourth-order valence-corrected chi connectivity index (χ4v) is 0.859. The zero-order valence-corrected chi connectivity index (χ0v) is 16.2. The van der Waals surface area contributed by atoms with Crippen molar-refractivity contribution in [1.29, 1.82) is 0 Å². The summed E-state index contributed by atoms with van der Waals surface area (Å²) in [5, 5.41) is 29.9. The van der Waals surface area contributed by atoms with E-state index in [1.165, 1.54) is 41.5 Å². The van der Waals surface area contributed by atoms with Gasteiger partial charge in [0.25, 0.3) is 0 Å². The van der Waals surface area contributed by atoms with Crippen molar-refractivity contribution in [3.05, 3.63) is 35.5 Å². The molecule has 0 aliphatic rings. The summed E-state index contributed by atoms with van der Waals surface area (Å²) in [4.78, 5) is 29.9. The van der Waals surface area contributed by atoms with Crippen LogP contribution in [-0.2, 0) is 14.4 Å². The first kappa shape index (κ1) is 29.0. The number of carbonyl (C=O) groups is 3. The summed E-state index contributed by atoms with van der Waals surface area (Å²) in [7, 11) is 0. The van der Waals surface area contributed by atoms with E-state index in [9.17, 15) is 29.7 Å². The van der Waals surface area contributed by atoms with Gasteiger partial charge in [0.1, 0.15) is 0 Å². The van der Waals surface area contributed by atoms with Crippen LogP contribution in [0.4, 0.5) is 0 Å². The molecular weight excluding hydrogens is 427 g/mol. The Hall–Kier alpha value is -1.03. The van der Waals surface area contributed by atoms with E-state index in [0.29, 0.717) is 0 Å². The molecule has 0 heterocycles. The molecule has 0 amide bonds. The van der Waals surface area contributed by atoms with E-state index in [1.54, 1.807) is 0 Å². The minimum Gasteiger partial charge on any atom is -0.876 e. The average molecular weight is 448 g/mol. The molecular formula is C15H21O6Sm. The summed E-state index contributed by atoms with van der Waals surface area (Å²) < 4.78 is 0. The van der Waals surface area contributed by atoms with Crippen LogP contribution in [0.15, 0.2) is 35.5 Å². The van der Waals surface area contributed by atoms with Gasteiger partial charge in [0.15, 0.2) is 17.3 Å². The van der Waals surface area contributed by atoms with E-state index >= 15 is 0 Å². The Morgan fingerprint density at radius 3 is 0.682 bits per heavy atom. The molecule has 0 atom stereocenters. The van der Waals surface area contributed by atoms with E-state index < -0.39 is 0 Å². The van der Waals surface area contributed by atoms with Gasteiger partial charge in [-0.2, -0.15) is 0 Å². The number of rotatable bonds is 3. The molecule has 0 aromatic heterocycles.